The second kappa shape index (κ2) is 7.52. The molecule has 0 spiro atoms. The average Bonchev–Trinajstić information content (AvgIpc) is 3.05. The van der Waals surface area contributed by atoms with Crippen LogP contribution in [-0.2, 0) is 4.79 Å². The number of carbonyl (C=O) groups excluding carboxylic acids is 1. The zero-order valence-electron chi connectivity index (χ0n) is 14.5. The van der Waals surface area contributed by atoms with Gasteiger partial charge in [0.25, 0.3) is 0 Å². The molecule has 0 unspecified atom stereocenters. The first kappa shape index (κ1) is 17.7. The lowest BCUT2D eigenvalue weighted by Gasteiger charge is -2.04. The van der Waals surface area contributed by atoms with E-state index in [2.05, 4.69) is 4.74 Å². The number of benzene rings is 3. The number of esters is 1. The SMILES string of the molecule is O=C(/C=C/c1ccc(OC(F)F)cc1)Oc1ccc2oc3ccccc3c2c1. The summed E-state index contributed by atoms with van der Waals surface area (Å²) < 4.78 is 39.6. The molecule has 3 aromatic carbocycles. The second-order valence-corrected chi connectivity index (χ2v) is 5.96. The number of ether oxygens (including phenoxy) is 2. The molecule has 0 amide bonds. The molecule has 0 radical (unpaired) electrons. The third-order valence-electron chi connectivity index (χ3n) is 4.08. The van der Waals surface area contributed by atoms with Crippen molar-refractivity contribution in [3.8, 4) is 11.5 Å². The minimum absolute atomic E-state index is 0.0513. The average molecular weight is 380 g/mol. The number of hydrogen-bond acceptors (Lipinski definition) is 4. The summed E-state index contributed by atoms with van der Waals surface area (Å²) in [5.41, 5.74) is 2.12. The van der Waals surface area contributed by atoms with Gasteiger partial charge in [-0.25, -0.2) is 4.79 Å². The van der Waals surface area contributed by atoms with Gasteiger partial charge in [0.2, 0.25) is 0 Å². The predicted octanol–water partition coefficient (Wildman–Crippen LogP) is 5.81. The van der Waals surface area contributed by atoms with Gasteiger partial charge in [0, 0.05) is 16.8 Å². The van der Waals surface area contributed by atoms with Gasteiger partial charge >= 0.3 is 12.6 Å². The summed E-state index contributed by atoms with van der Waals surface area (Å²) in [6, 6.07) is 18.7. The first-order valence-electron chi connectivity index (χ1n) is 8.44. The highest BCUT2D eigenvalue weighted by Gasteiger charge is 2.09. The van der Waals surface area contributed by atoms with Crippen molar-refractivity contribution in [2.24, 2.45) is 0 Å². The summed E-state index contributed by atoms with van der Waals surface area (Å²) in [7, 11) is 0. The van der Waals surface area contributed by atoms with Gasteiger partial charge in [-0.05, 0) is 48.0 Å². The van der Waals surface area contributed by atoms with Gasteiger partial charge in [-0.3, -0.25) is 0 Å². The van der Waals surface area contributed by atoms with Crippen molar-refractivity contribution in [3.63, 3.8) is 0 Å². The van der Waals surface area contributed by atoms with Crippen LogP contribution in [0.5, 0.6) is 11.5 Å². The summed E-state index contributed by atoms with van der Waals surface area (Å²) >= 11 is 0. The van der Waals surface area contributed by atoms with Gasteiger partial charge in [0.1, 0.15) is 22.7 Å². The highest BCUT2D eigenvalue weighted by molar-refractivity contribution is 6.05. The van der Waals surface area contributed by atoms with E-state index in [0.717, 1.165) is 16.4 Å². The molecule has 1 heterocycles. The zero-order chi connectivity index (χ0) is 19.5. The minimum Gasteiger partial charge on any atom is -0.456 e. The monoisotopic (exact) mass is 380 g/mol. The van der Waals surface area contributed by atoms with Crippen LogP contribution in [0, 0.1) is 0 Å². The van der Waals surface area contributed by atoms with Crippen LogP contribution < -0.4 is 9.47 Å². The lowest BCUT2D eigenvalue weighted by molar-refractivity contribution is -0.128. The van der Waals surface area contributed by atoms with Gasteiger partial charge in [-0.1, -0.05) is 30.3 Å². The smallest absolute Gasteiger partial charge is 0.387 e. The van der Waals surface area contributed by atoms with Crippen molar-refractivity contribution in [2.45, 2.75) is 6.61 Å². The number of fused-ring (bicyclic) bond motifs is 3. The minimum atomic E-state index is -2.87. The Kier molecular flexibility index (Phi) is 4.76. The van der Waals surface area contributed by atoms with Gasteiger partial charge in [-0.15, -0.1) is 0 Å². The molecule has 4 aromatic rings. The Morgan fingerprint density at radius 2 is 1.61 bits per heavy atom. The molecule has 4 rings (SSSR count). The van der Waals surface area contributed by atoms with E-state index in [1.54, 1.807) is 30.3 Å². The predicted molar refractivity (Wildman–Crippen MR) is 101 cm³/mol. The van der Waals surface area contributed by atoms with Gasteiger partial charge in [0.05, 0.1) is 0 Å². The Bertz CT molecular complexity index is 1160. The molecule has 1 aromatic heterocycles. The number of carbonyl (C=O) groups is 1. The molecule has 0 saturated heterocycles. The normalized spacial score (nSPS) is 11.5. The standard InChI is InChI=1S/C22H14F2O4/c23-22(24)27-15-8-5-14(6-9-15)7-12-21(25)26-16-10-11-20-18(13-16)17-3-1-2-4-19(17)28-20/h1-13,22H/b12-7+. The quantitative estimate of drug-likeness (QED) is 0.249. The van der Waals surface area contributed by atoms with E-state index in [-0.39, 0.29) is 5.75 Å². The molecule has 0 N–H and O–H groups in total. The molecule has 4 nitrogen and oxygen atoms in total. The van der Waals surface area contributed by atoms with Crippen LogP contribution in [0.2, 0.25) is 0 Å². The fraction of sp³-hybridized carbons (Fsp3) is 0.0455. The van der Waals surface area contributed by atoms with Crippen LogP contribution in [0.15, 0.2) is 77.2 Å². The molecule has 28 heavy (non-hydrogen) atoms. The first-order chi connectivity index (χ1) is 13.6. The molecule has 0 aliphatic carbocycles. The topological polar surface area (TPSA) is 48.7 Å². The molecule has 0 saturated carbocycles. The number of hydrogen-bond donors (Lipinski definition) is 0. The summed E-state index contributed by atoms with van der Waals surface area (Å²) in [6.07, 6.45) is 2.79. The van der Waals surface area contributed by atoms with Crippen molar-refractivity contribution in [1.29, 1.82) is 0 Å². The van der Waals surface area contributed by atoms with Crippen molar-refractivity contribution in [3.05, 3.63) is 78.4 Å². The Morgan fingerprint density at radius 1 is 0.893 bits per heavy atom. The number of furan rings is 1. The summed E-state index contributed by atoms with van der Waals surface area (Å²) in [5, 5.41) is 1.80. The van der Waals surface area contributed by atoms with E-state index >= 15 is 0 Å². The van der Waals surface area contributed by atoms with Crippen molar-refractivity contribution in [2.75, 3.05) is 0 Å². The number of rotatable bonds is 5. The van der Waals surface area contributed by atoms with Gasteiger partial charge < -0.3 is 13.9 Å². The molecular formula is C22H14F2O4. The molecule has 0 bridgehead atoms. The lowest BCUT2D eigenvalue weighted by Crippen LogP contribution is -2.03. The van der Waals surface area contributed by atoms with Crippen LogP contribution in [0.4, 0.5) is 8.78 Å². The first-order valence-corrected chi connectivity index (χ1v) is 8.44. The molecule has 0 aliphatic rings. The molecule has 140 valence electrons. The van der Waals surface area contributed by atoms with Crippen molar-refractivity contribution >= 4 is 34.0 Å². The summed E-state index contributed by atoms with van der Waals surface area (Å²) in [5.74, 6) is -0.107. The Morgan fingerprint density at radius 3 is 2.39 bits per heavy atom. The Balaban J connectivity index is 1.47. The summed E-state index contributed by atoms with van der Waals surface area (Å²) in [4.78, 5) is 12.1. The fourth-order valence-corrected chi connectivity index (χ4v) is 2.84. The van der Waals surface area contributed by atoms with Crippen LogP contribution in [0.25, 0.3) is 28.0 Å². The lowest BCUT2D eigenvalue weighted by atomic mass is 10.1. The molecular weight excluding hydrogens is 366 g/mol. The number of halogens is 2. The molecule has 6 heteroatoms. The van der Waals surface area contributed by atoms with Gasteiger partial charge in [0.15, 0.2) is 0 Å². The van der Waals surface area contributed by atoms with Crippen LogP contribution >= 0.6 is 0 Å². The number of alkyl halides is 2. The maximum absolute atomic E-state index is 12.1. The van der Waals surface area contributed by atoms with Crippen molar-refractivity contribution in [1.82, 2.24) is 0 Å². The third kappa shape index (κ3) is 3.86. The van der Waals surface area contributed by atoms with E-state index in [1.165, 1.54) is 24.3 Å². The molecule has 0 aliphatic heterocycles. The van der Waals surface area contributed by atoms with E-state index in [4.69, 9.17) is 9.15 Å². The summed E-state index contributed by atoms with van der Waals surface area (Å²) in [6.45, 7) is -2.87. The van der Waals surface area contributed by atoms with Crippen LogP contribution in [-0.4, -0.2) is 12.6 Å². The Labute approximate surface area is 158 Å². The molecule has 0 fully saturated rings. The van der Waals surface area contributed by atoms with Crippen LogP contribution in [0.3, 0.4) is 0 Å². The highest BCUT2D eigenvalue weighted by atomic mass is 19.3. The van der Waals surface area contributed by atoms with Gasteiger partial charge in [-0.2, -0.15) is 8.78 Å². The van der Waals surface area contributed by atoms with E-state index in [1.807, 2.05) is 24.3 Å². The van der Waals surface area contributed by atoms with Crippen LogP contribution in [0.1, 0.15) is 5.56 Å². The van der Waals surface area contributed by atoms with Crippen molar-refractivity contribution < 1.29 is 27.5 Å². The number of para-hydroxylation sites is 1. The Hall–Kier alpha value is -3.67. The highest BCUT2D eigenvalue weighted by Crippen LogP contribution is 2.31. The largest absolute Gasteiger partial charge is 0.456 e. The molecule has 0 atom stereocenters. The second-order valence-electron chi connectivity index (χ2n) is 5.96. The fourth-order valence-electron chi connectivity index (χ4n) is 2.84. The maximum atomic E-state index is 12.1. The van der Waals surface area contributed by atoms with E-state index < -0.39 is 12.6 Å². The third-order valence-corrected chi connectivity index (χ3v) is 4.08. The maximum Gasteiger partial charge on any atom is 0.387 e. The van der Waals surface area contributed by atoms with E-state index in [9.17, 15) is 13.6 Å². The van der Waals surface area contributed by atoms with E-state index in [0.29, 0.717) is 16.9 Å². The zero-order valence-corrected chi connectivity index (χ0v) is 14.5.